The fourth-order valence-electron chi connectivity index (χ4n) is 2.90. The highest BCUT2D eigenvalue weighted by molar-refractivity contribution is 7.89. The van der Waals surface area contributed by atoms with E-state index in [1.54, 1.807) is 0 Å². The standard InChI is InChI=1S/C16H25N3O5S/c1-13(2)10-15(18-6-8-24-9-7-18)12-17-25(22,23)16-5-3-4-14(11-16)19(20)21/h3-5,11,13,15,17H,6-10,12H2,1-2H3. The van der Waals surface area contributed by atoms with Crippen LogP contribution < -0.4 is 4.72 Å². The number of ether oxygens (including phenoxy) is 1. The molecular formula is C16H25N3O5S. The Balaban J connectivity index is 2.09. The second-order valence-electron chi connectivity index (χ2n) is 6.54. The van der Waals surface area contributed by atoms with Gasteiger partial charge in [-0.3, -0.25) is 15.0 Å². The van der Waals surface area contributed by atoms with E-state index in [1.165, 1.54) is 18.2 Å². The summed E-state index contributed by atoms with van der Waals surface area (Å²) >= 11 is 0. The van der Waals surface area contributed by atoms with Crippen LogP contribution in [0.25, 0.3) is 0 Å². The molecule has 0 bridgehead atoms. The van der Waals surface area contributed by atoms with Crippen molar-refractivity contribution in [3.05, 3.63) is 34.4 Å². The van der Waals surface area contributed by atoms with Crippen molar-refractivity contribution in [1.29, 1.82) is 0 Å². The van der Waals surface area contributed by atoms with Gasteiger partial charge in [0.25, 0.3) is 5.69 Å². The molecule has 0 spiro atoms. The lowest BCUT2D eigenvalue weighted by molar-refractivity contribution is -0.385. The fourth-order valence-corrected chi connectivity index (χ4v) is 4.01. The molecule has 1 unspecified atom stereocenters. The molecule has 1 N–H and O–H groups in total. The van der Waals surface area contributed by atoms with Gasteiger partial charge in [0.2, 0.25) is 10.0 Å². The van der Waals surface area contributed by atoms with Gasteiger partial charge < -0.3 is 4.74 Å². The van der Waals surface area contributed by atoms with Gasteiger partial charge in [-0.15, -0.1) is 0 Å². The summed E-state index contributed by atoms with van der Waals surface area (Å²) in [6.45, 7) is 7.30. The minimum Gasteiger partial charge on any atom is -0.379 e. The minimum atomic E-state index is -3.80. The molecular weight excluding hydrogens is 346 g/mol. The second-order valence-corrected chi connectivity index (χ2v) is 8.31. The largest absolute Gasteiger partial charge is 0.379 e. The van der Waals surface area contributed by atoms with E-state index in [0.717, 1.165) is 25.6 Å². The van der Waals surface area contributed by atoms with Crippen LogP contribution in [-0.4, -0.2) is 57.1 Å². The van der Waals surface area contributed by atoms with Crippen LogP contribution in [0.3, 0.4) is 0 Å². The average Bonchev–Trinajstić information content (AvgIpc) is 2.59. The van der Waals surface area contributed by atoms with Gasteiger partial charge in [0, 0.05) is 37.8 Å². The zero-order valence-electron chi connectivity index (χ0n) is 14.6. The first-order valence-corrected chi connectivity index (χ1v) is 9.84. The lowest BCUT2D eigenvalue weighted by Gasteiger charge is -2.35. The number of non-ortho nitro benzene ring substituents is 1. The predicted octanol–water partition coefficient (Wildman–Crippen LogP) is 1.62. The van der Waals surface area contributed by atoms with Gasteiger partial charge in [0.15, 0.2) is 0 Å². The van der Waals surface area contributed by atoms with Gasteiger partial charge in [-0.05, 0) is 18.4 Å². The maximum atomic E-state index is 12.5. The van der Waals surface area contributed by atoms with Crippen LogP contribution in [0.1, 0.15) is 20.3 Å². The Morgan fingerprint density at radius 1 is 1.32 bits per heavy atom. The molecule has 1 fully saturated rings. The van der Waals surface area contributed by atoms with Gasteiger partial charge in [-0.25, -0.2) is 13.1 Å². The summed E-state index contributed by atoms with van der Waals surface area (Å²) in [5.41, 5.74) is -0.241. The summed E-state index contributed by atoms with van der Waals surface area (Å²) in [6.07, 6.45) is 0.859. The molecule has 1 aliphatic heterocycles. The molecule has 0 aromatic heterocycles. The van der Waals surface area contributed by atoms with Gasteiger partial charge in [-0.2, -0.15) is 0 Å². The molecule has 1 aromatic rings. The lowest BCUT2D eigenvalue weighted by atomic mass is 10.0. The van der Waals surface area contributed by atoms with E-state index in [0.29, 0.717) is 19.1 Å². The summed E-state index contributed by atoms with van der Waals surface area (Å²) in [5.74, 6) is 0.426. The van der Waals surface area contributed by atoms with E-state index < -0.39 is 14.9 Å². The molecule has 25 heavy (non-hydrogen) atoms. The second kappa shape index (κ2) is 8.70. The summed E-state index contributed by atoms with van der Waals surface area (Å²) in [4.78, 5) is 12.4. The van der Waals surface area contributed by atoms with E-state index in [4.69, 9.17) is 4.74 Å². The number of nitrogens with zero attached hydrogens (tertiary/aromatic N) is 2. The molecule has 0 radical (unpaired) electrons. The van der Waals surface area contributed by atoms with Crippen LogP contribution in [-0.2, 0) is 14.8 Å². The summed E-state index contributed by atoms with van der Waals surface area (Å²) in [6, 6.07) is 5.15. The zero-order chi connectivity index (χ0) is 18.4. The van der Waals surface area contributed by atoms with Crippen molar-refractivity contribution in [1.82, 2.24) is 9.62 Å². The molecule has 2 rings (SSSR count). The molecule has 8 nitrogen and oxygen atoms in total. The highest BCUT2D eigenvalue weighted by Gasteiger charge is 2.25. The first kappa shape index (κ1) is 19.8. The van der Waals surface area contributed by atoms with E-state index in [1.807, 2.05) is 0 Å². The molecule has 0 amide bonds. The van der Waals surface area contributed by atoms with Crippen LogP contribution in [0.2, 0.25) is 0 Å². The quantitative estimate of drug-likeness (QED) is 0.550. The number of hydrogen-bond donors (Lipinski definition) is 1. The van der Waals surface area contributed by atoms with E-state index in [9.17, 15) is 18.5 Å². The fraction of sp³-hybridized carbons (Fsp3) is 0.625. The van der Waals surface area contributed by atoms with Crippen molar-refractivity contribution >= 4 is 15.7 Å². The molecule has 1 aromatic carbocycles. The van der Waals surface area contributed by atoms with Crippen LogP contribution in [0.15, 0.2) is 29.2 Å². The predicted molar refractivity (Wildman–Crippen MR) is 93.9 cm³/mol. The maximum Gasteiger partial charge on any atom is 0.270 e. The Morgan fingerprint density at radius 2 is 2.00 bits per heavy atom. The molecule has 140 valence electrons. The van der Waals surface area contributed by atoms with E-state index >= 15 is 0 Å². The van der Waals surface area contributed by atoms with Crippen molar-refractivity contribution in [2.75, 3.05) is 32.8 Å². The van der Waals surface area contributed by atoms with E-state index in [-0.39, 0.29) is 23.2 Å². The number of benzene rings is 1. The summed E-state index contributed by atoms with van der Waals surface area (Å²) in [7, 11) is -3.80. The lowest BCUT2D eigenvalue weighted by Crippen LogP contribution is -2.49. The van der Waals surface area contributed by atoms with E-state index in [2.05, 4.69) is 23.5 Å². The average molecular weight is 371 g/mol. The molecule has 0 saturated carbocycles. The topological polar surface area (TPSA) is 102 Å². The highest BCUT2D eigenvalue weighted by Crippen LogP contribution is 2.18. The summed E-state index contributed by atoms with van der Waals surface area (Å²) in [5, 5.41) is 10.8. The molecule has 9 heteroatoms. The van der Waals surface area contributed by atoms with Gasteiger partial charge >= 0.3 is 0 Å². The first-order valence-electron chi connectivity index (χ1n) is 8.35. The number of morpholine rings is 1. The Morgan fingerprint density at radius 3 is 2.60 bits per heavy atom. The van der Waals surface area contributed by atoms with Crippen LogP contribution >= 0.6 is 0 Å². The monoisotopic (exact) mass is 371 g/mol. The Hall–Kier alpha value is -1.55. The number of nitro groups is 1. The normalized spacial score (nSPS) is 17.6. The number of hydrogen-bond acceptors (Lipinski definition) is 6. The summed E-state index contributed by atoms with van der Waals surface area (Å²) < 4.78 is 33.0. The zero-order valence-corrected chi connectivity index (χ0v) is 15.4. The number of sulfonamides is 1. The van der Waals surface area contributed by atoms with Crippen molar-refractivity contribution in [3.63, 3.8) is 0 Å². The van der Waals surface area contributed by atoms with Gasteiger partial charge in [0.1, 0.15) is 0 Å². The number of rotatable bonds is 8. The number of nitro benzene ring substituents is 1. The third kappa shape index (κ3) is 5.74. The highest BCUT2D eigenvalue weighted by atomic mass is 32.2. The van der Waals surface area contributed by atoms with Crippen LogP contribution in [0, 0.1) is 16.0 Å². The van der Waals surface area contributed by atoms with Crippen molar-refractivity contribution in [2.45, 2.75) is 31.2 Å². The number of nitrogens with one attached hydrogen (secondary N) is 1. The molecule has 1 aliphatic rings. The third-order valence-electron chi connectivity index (χ3n) is 4.15. The third-order valence-corrected chi connectivity index (χ3v) is 5.57. The Kier molecular flexibility index (Phi) is 6.88. The van der Waals surface area contributed by atoms with Crippen molar-refractivity contribution in [3.8, 4) is 0 Å². The van der Waals surface area contributed by atoms with Crippen LogP contribution in [0.5, 0.6) is 0 Å². The van der Waals surface area contributed by atoms with Crippen molar-refractivity contribution in [2.24, 2.45) is 5.92 Å². The van der Waals surface area contributed by atoms with Crippen LogP contribution in [0.4, 0.5) is 5.69 Å². The Bertz CT molecular complexity index is 687. The molecule has 1 atom stereocenters. The van der Waals surface area contributed by atoms with Gasteiger partial charge in [-0.1, -0.05) is 19.9 Å². The minimum absolute atomic E-state index is 0.0670. The smallest absolute Gasteiger partial charge is 0.270 e. The molecule has 0 aliphatic carbocycles. The molecule has 1 heterocycles. The SMILES string of the molecule is CC(C)CC(CNS(=O)(=O)c1cccc([N+](=O)[O-])c1)N1CCOCC1. The van der Waals surface area contributed by atoms with Gasteiger partial charge in [0.05, 0.1) is 23.0 Å². The Labute approximate surface area is 148 Å². The maximum absolute atomic E-state index is 12.5. The first-order chi connectivity index (χ1) is 11.8. The van der Waals surface area contributed by atoms with Crippen molar-refractivity contribution < 1.29 is 18.1 Å². The molecule has 1 saturated heterocycles.